The van der Waals surface area contributed by atoms with Crippen molar-refractivity contribution in [3.8, 4) is 0 Å². The molecule has 4 nitrogen and oxygen atoms in total. The molecule has 0 aliphatic rings. The van der Waals surface area contributed by atoms with Gasteiger partial charge >= 0.3 is 0 Å². The van der Waals surface area contributed by atoms with Crippen LogP contribution in [0.2, 0.25) is 0 Å². The first-order chi connectivity index (χ1) is 7.49. The van der Waals surface area contributed by atoms with Crippen molar-refractivity contribution in [2.75, 3.05) is 0 Å². The summed E-state index contributed by atoms with van der Waals surface area (Å²) in [4.78, 5) is 15.0. The third kappa shape index (κ3) is 3.94. The van der Waals surface area contributed by atoms with Crippen LogP contribution in [-0.4, -0.2) is 28.1 Å². The highest BCUT2D eigenvalue weighted by atomic mass is 19.1. The summed E-state index contributed by atoms with van der Waals surface area (Å²) in [6.45, 7) is 3.43. The lowest BCUT2D eigenvalue weighted by molar-refractivity contribution is 0.0922. The molecule has 5 heteroatoms. The topological polar surface area (TPSA) is 62.2 Å². The molecule has 0 fully saturated rings. The zero-order chi connectivity index (χ0) is 12.1. The molecule has 0 spiro atoms. The van der Waals surface area contributed by atoms with Gasteiger partial charge in [0.25, 0.3) is 5.91 Å². The van der Waals surface area contributed by atoms with Crippen LogP contribution in [0, 0.1) is 5.95 Å². The molecule has 0 bridgehead atoms. The predicted molar refractivity (Wildman–Crippen MR) is 57.4 cm³/mol. The number of halogens is 1. The molecular weight excluding hydrogens is 211 g/mol. The summed E-state index contributed by atoms with van der Waals surface area (Å²) in [5.41, 5.74) is 0.227. The van der Waals surface area contributed by atoms with Gasteiger partial charge in [0.2, 0.25) is 5.95 Å². The van der Waals surface area contributed by atoms with E-state index in [2.05, 4.69) is 10.3 Å². The summed E-state index contributed by atoms with van der Waals surface area (Å²) < 4.78 is 12.7. The second kappa shape index (κ2) is 5.55. The number of rotatable bonds is 4. The molecule has 1 aromatic rings. The predicted octanol–water partition coefficient (Wildman–Crippen LogP) is 1.11. The number of carbonyl (C=O) groups is 1. The Morgan fingerprint density at radius 2 is 2.31 bits per heavy atom. The first-order valence-electron chi connectivity index (χ1n) is 5.09. The highest BCUT2D eigenvalue weighted by Gasteiger charge is 2.12. The van der Waals surface area contributed by atoms with Crippen molar-refractivity contribution in [2.45, 2.75) is 32.4 Å². The van der Waals surface area contributed by atoms with Gasteiger partial charge in [-0.25, -0.2) is 4.98 Å². The Morgan fingerprint density at radius 3 is 2.88 bits per heavy atom. The second-order valence-electron chi connectivity index (χ2n) is 3.83. The van der Waals surface area contributed by atoms with E-state index in [9.17, 15) is 9.18 Å². The van der Waals surface area contributed by atoms with Gasteiger partial charge in [-0.3, -0.25) is 4.79 Å². The van der Waals surface area contributed by atoms with Crippen LogP contribution in [0.3, 0.4) is 0 Å². The van der Waals surface area contributed by atoms with E-state index in [1.54, 1.807) is 13.8 Å². The minimum absolute atomic E-state index is 0.163. The van der Waals surface area contributed by atoms with Crippen LogP contribution in [0.25, 0.3) is 0 Å². The maximum Gasteiger partial charge on any atom is 0.251 e. The number of nitrogens with zero attached hydrogens (tertiary/aromatic N) is 1. The number of aliphatic hydroxyl groups excluding tert-OH is 1. The number of aromatic nitrogens is 1. The van der Waals surface area contributed by atoms with E-state index in [-0.39, 0.29) is 17.5 Å². The van der Waals surface area contributed by atoms with E-state index in [1.807, 2.05) is 0 Å². The molecule has 0 aliphatic heterocycles. The van der Waals surface area contributed by atoms with Crippen LogP contribution in [0.1, 0.15) is 30.6 Å². The Hall–Kier alpha value is -1.49. The van der Waals surface area contributed by atoms with Crippen molar-refractivity contribution in [1.29, 1.82) is 0 Å². The van der Waals surface area contributed by atoms with Crippen LogP contribution < -0.4 is 5.32 Å². The van der Waals surface area contributed by atoms with Gasteiger partial charge in [-0.05, 0) is 26.3 Å². The van der Waals surface area contributed by atoms with E-state index in [0.29, 0.717) is 6.42 Å². The number of aliphatic hydroxyl groups is 1. The molecule has 1 heterocycles. The molecular formula is C11H15FN2O2. The van der Waals surface area contributed by atoms with Crippen molar-refractivity contribution in [3.63, 3.8) is 0 Å². The normalized spacial score (nSPS) is 14.2. The maximum absolute atomic E-state index is 12.7. The second-order valence-corrected chi connectivity index (χ2v) is 3.83. The number of amides is 1. The minimum Gasteiger partial charge on any atom is -0.393 e. The lowest BCUT2D eigenvalue weighted by Gasteiger charge is -2.15. The number of hydrogen-bond donors (Lipinski definition) is 2. The fraction of sp³-hybridized carbons (Fsp3) is 0.455. The Kier molecular flexibility index (Phi) is 4.37. The fourth-order valence-electron chi connectivity index (χ4n) is 1.42. The van der Waals surface area contributed by atoms with Gasteiger partial charge < -0.3 is 10.4 Å². The fourth-order valence-corrected chi connectivity index (χ4v) is 1.42. The monoisotopic (exact) mass is 226 g/mol. The van der Waals surface area contributed by atoms with Crippen LogP contribution >= 0.6 is 0 Å². The smallest absolute Gasteiger partial charge is 0.251 e. The number of pyridine rings is 1. The average molecular weight is 226 g/mol. The zero-order valence-corrected chi connectivity index (χ0v) is 9.27. The summed E-state index contributed by atoms with van der Waals surface area (Å²) >= 11 is 0. The van der Waals surface area contributed by atoms with Crippen molar-refractivity contribution in [2.24, 2.45) is 0 Å². The molecule has 2 atom stereocenters. The van der Waals surface area contributed by atoms with E-state index in [4.69, 9.17) is 5.11 Å². The van der Waals surface area contributed by atoms with E-state index < -0.39 is 12.1 Å². The molecule has 0 aromatic carbocycles. The molecule has 0 saturated carbocycles. The van der Waals surface area contributed by atoms with Crippen molar-refractivity contribution < 1.29 is 14.3 Å². The average Bonchev–Trinajstić information content (AvgIpc) is 2.16. The lowest BCUT2D eigenvalue weighted by Crippen LogP contribution is -2.34. The molecule has 0 aliphatic carbocycles. The van der Waals surface area contributed by atoms with Crippen LogP contribution in [0.15, 0.2) is 18.3 Å². The Bertz CT molecular complexity index is 369. The number of hydrogen-bond acceptors (Lipinski definition) is 3. The van der Waals surface area contributed by atoms with Crippen molar-refractivity contribution >= 4 is 5.91 Å². The molecule has 2 N–H and O–H groups in total. The van der Waals surface area contributed by atoms with E-state index in [1.165, 1.54) is 12.3 Å². The van der Waals surface area contributed by atoms with Crippen molar-refractivity contribution in [3.05, 3.63) is 29.8 Å². The molecule has 0 saturated heterocycles. The van der Waals surface area contributed by atoms with E-state index >= 15 is 0 Å². The molecule has 2 unspecified atom stereocenters. The summed E-state index contributed by atoms with van der Waals surface area (Å²) in [5.74, 6) is -1.05. The molecule has 0 radical (unpaired) electrons. The van der Waals surface area contributed by atoms with Crippen LogP contribution in [-0.2, 0) is 0 Å². The summed E-state index contributed by atoms with van der Waals surface area (Å²) in [6.07, 6.45) is 1.22. The molecule has 88 valence electrons. The minimum atomic E-state index is -0.684. The van der Waals surface area contributed by atoms with Crippen LogP contribution in [0.4, 0.5) is 4.39 Å². The summed E-state index contributed by atoms with van der Waals surface area (Å²) in [7, 11) is 0. The highest BCUT2D eigenvalue weighted by molar-refractivity contribution is 5.94. The zero-order valence-electron chi connectivity index (χ0n) is 9.27. The summed E-state index contributed by atoms with van der Waals surface area (Å²) in [5, 5.41) is 11.8. The van der Waals surface area contributed by atoms with Gasteiger partial charge in [0.05, 0.1) is 6.10 Å². The van der Waals surface area contributed by atoms with Crippen molar-refractivity contribution in [1.82, 2.24) is 10.3 Å². The van der Waals surface area contributed by atoms with E-state index in [0.717, 1.165) is 6.07 Å². The van der Waals surface area contributed by atoms with Gasteiger partial charge in [0.15, 0.2) is 0 Å². The standard InChI is InChI=1S/C11H15FN2O2/c1-7(5-8(2)15)14-11(16)9-3-4-13-10(12)6-9/h3-4,6-8,15H,5H2,1-2H3,(H,14,16). The first kappa shape index (κ1) is 12.6. The van der Waals surface area contributed by atoms with Gasteiger partial charge in [-0.2, -0.15) is 4.39 Å². The van der Waals surface area contributed by atoms with Gasteiger partial charge in [-0.1, -0.05) is 0 Å². The largest absolute Gasteiger partial charge is 0.393 e. The number of carbonyl (C=O) groups excluding carboxylic acids is 1. The van der Waals surface area contributed by atoms with Gasteiger partial charge in [0, 0.05) is 23.9 Å². The Labute approximate surface area is 93.5 Å². The molecule has 1 amide bonds. The third-order valence-corrected chi connectivity index (χ3v) is 2.06. The summed E-state index contributed by atoms with van der Waals surface area (Å²) in [6, 6.07) is 2.35. The van der Waals surface area contributed by atoms with Crippen LogP contribution in [0.5, 0.6) is 0 Å². The molecule has 1 aromatic heterocycles. The Morgan fingerprint density at radius 1 is 1.62 bits per heavy atom. The SMILES string of the molecule is CC(O)CC(C)NC(=O)c1ccnc(F)c1. The molecule has 1 rings (SSSR count). The number of nitrogens with one attached hydrogen (secondary N) is 1. The third-order valence-electron chi connectivity index (χ3n) is 2.06. The lowest BCUT2D eigenvalue weighted by atomic mass is 10.1. The first-order valence-corrected chi connectivity index (χ1v) is 5.09. The van der Waals surface area contributed by atoms with Gasteiger partial charge in [-0.15, -0.1) is 0 Å². The maximum atomic E-state index is 12.7. The Balaban J connectivity index is 2.59. The highest BCUT2D eigenvalue weighted by Crippen LogP contribution is 2.03. The van der Waals surface area contributed by atoms with Gasteiger partial charge in [0.1, 0.15) is 0 Å². The molecule has 16 heavy (non-hydrogen) atoms. The quantitative estimate of drug-likeness (QED) is 0.756.